The standard InChI is InChI=1S/C23H20F2N6O4S/c1-14-2-4-18-22(28-14)31(21(29-18)17-6-9-26-13-27-17)15-7-10-30(11-8-15)36(32,33)16-3-5-19-20(12-16)35-23(24,25)34-19/h2-6,9,12-13,15H,7-8,10-11H2,1H3. The van der Waals surface area contributed by atoms with E-state index in [1.807, 2.05) is 23.6 Å². The van der Waals surface area contributed by atoms with Gasteiger partial charge in [0, 0.05) is 37.1 Å². The minimum absolute atomic E-state index is 0.0730. The van der Waals surface area contributed by atoms with Gasteiger partial charge in [-0.25, -0.2) is 28.4 Å². The zero-order valence-electron chi connectivity index (χ0n) is 19.0. The number of piperidine rings is 1. The number of alkyl halides is 2. The van der Waals surface area contributed by atoms with E-state index in [4.69, 9.17) is 9.97 Å². The predicted octanol–water partition coefficient (Wildman–Crippen LogP) is 3.54. The summed E-state index contributed by atoms with van der Waals surface area (Å²) in [6.45, 7) is 2.36. The van der Waals surface area contributed by atoms with Crippen LogP contribution in [0.15, 0.2) is 53.8 Å². The number of aryl methyl sites for hydroxylation is 1. The van der Waals surface area contributed by atoms with Crippen molar-refractivity contribution in [3.63, 3.8) is 0 Å². The smallest absolute Gasteiger partial charge is 0.395 e. The van der Waals surface area contributed by atoms with E-state index in [0.29, 0.717) is 30.0 Å². The molecule has 0 aliphatic carbocycles. The summed E-state index contributed by atoms with van der Waals surface area (Å²) in [6, 6.07) is 8.98. The van der Waals surface area contributed by atoms with Gasteiger partial charge < -0.3 is 14.0 Å². The van der Waals surface area contributed by atoms with Crippen LogP contribution in [0.2, 0.25) is 0 Å². The van der Waals surface area contributed by atoms with Crippen LogP contribution in [-0.4, -0.2) is 56.6 Å². The summed E-state index contributed by atoms with van der Waals surface area (Å²) in [6.07, 6.45) is 0.279. The van der Waals surface area contributed by atoms with E-state index in [0.717, 1.165) is 17.3 Å². The molecule has 0 radical (unpaired) electrons. The molecule has 5 heterocycles. The average molecular weight is 515 g/mol. The van der Waals surface area contributed by atoms with Crippen molar-refractivity contribution < 1.29 is 26.7 Å². The Hall–Kier alpha value is -3.71. The molecule has 186 valence electrons. The van der Waals surface area contributed by atoms with Crippen molar-refractivity contribution in [1.82, 2.24) is 28.8 Å². The molecule has 0 atom stereocenters. The molecule has 0 amide bonds. The molecule has 4 aromatic rings. The van der Waals surface area contributed by atoms with Crippen LogP contribution in [0.5, 0.6) is 11.5 Å². The molecule has 36 heavy (non-hydrogen) atoms. The van der Waals surface area contributed by atoms with Gasteiger partial charge in [0.15, 0.2) is 23.0 Å². The van der Waals surface area contributed by atoms with E-state index in [1.54, 1.807) is 12.3 Å². The van der Waals surface area contributed by atoms with E-state index in [2.05, 4.69) is 19.4 Å². The van der Waals surface area contributed by atoms with Crippen LogP contribution in [0.3, 0.4) is 0 Å². The van der Waals surface area contributed by atoms with Gasteiger partial charge in [-0.1, -0.05) is 0 Å². The normalized spacial score (nSPS) is 18.1. The van der Waals surface area contributed by atoms with Gasteiger partial charge in [0.1, 0.15) is 17.5 Å². The lowest BCUT2D eigenvalue weighted by atomic mass is 10.1. The maximum Gasteiger partial charge on any atom is 0.586 e. The maximum absolute atomic E-state index is 13.4. The lowest BCUT2D eigenvalue weighted by Gasteiger charge is -2.32. The van der Waals surface area contributed by atoms with Crippen molar-refractivity contribution >= 4 is 21.2 Å². The molecule has 1 saturated heterocycles. The van der Waals surface area contributed by atoms with E-state index in [-0.39, 0.29) is 35.5 Å². The number of hydrogen-bond donors (Lipinski definition) is 0. The van der Waals surface area contributed by atoms with Crippen LogP contribution >= 0.6 is 0 Å². The fourth-order valence-electron chi connectivity index (χ4n) is 4.60. The van der Waals surface area contributed by atoms with Gasteiger partial charge in [-0.15, -0.1) is 8.78 Å². The van der Waals surface area contributed by atoms with Crippen molar-refractivity contribution in [2.75, 3.05) is 13.1 Å². The number of sulfonamides is 1. The fourth-order valence-corrected chi connectivity index (χ4v) is 6.08. The lowest BCUT2D eigenvalue weighted by Crippen LogP contribution is -2.39. The number of nitrogens with zero attached hydrogens (tertiary/aromatic N) is 6. The summed E-state index contributed by atoms with van der Waals surface area (Å²) in [5.74, 6) is 0.130. The maximum atomic E-state index is 13.4. The van der Waals surface area contributed by atoms with Crippen LogP contribution in [0.25, 0.3) is 22.7 Å². The van der Waals surface area contributed by atoms with E-state index in [1.165, 1.54) is 22.8 Å². The minimum Gasteiger partial charge on any atom is -0.395 e. The van der Waals surface area contributed by atoms with E-state index < -0.39 is 16.3 Å². The number of imidazole rings is 1. The first-order chi connectivity index (χ1) is 17.2. The zero-order chi connectivity index (χ0) is 25.1. The van der Waals surface area contributed by atoms with E-state index in [9.17, 15) is 17.2 Å². The third-order valence-electron chi connectivity index (χ3n) is 6.29. The number of aromatic nitrogens is 5. The third kappa shape index (κ3) is 3.84. The Balaban J connectivity index is 1.29. The number of ether oxygens (including phenoxy) is 2. The Kier molecular flexibility index (Phi) is 5.16. The number of hydrogen-bond acceptors (Lipinski definition) is 8. The summed E-state index contributed by atoms with van der Waals surface area (Å²) in [5.41, 5.74) is 2.92. The highest BCUT2D eigenvalue weighted by Crippen LogP contribution is 2.42. The van der Waals surface area contributed by atoms with Crippen molar-refractivity contribution in [2.45, 2.75) is 37.0 Å². The zero-order valence-corrected chi connectivity index (χ0v) is 19.8. The van der Waals surface area contributed by atoms with Crippen molar-refractivity contribution in [3.8, 4) is 23.0 Å². The second kappa shape index (κ2) is 8.17. The topological polar surface area (TPSA) is 112 Å². The molecular weight excluding hydrogens is 494 g/mol. The van der Waals surface area contributed by atoms with Gasteiger partial charge in [-0.05, 0) is 50.1 Å². The molecule has 0 saturated carbocycles. The van der Waals surface area contributed by atoms with Gasteiger partial charge in [-0.2, -0.15) is 4.31 Å². The van der Waals surface area contributed by atoms with Crippen LogP contribution in [0, 0.1) is 6.92 Å². The molecule has 13 heteroatoms. The monoisotopic (exact) mass is 514 g/mol. The van der Waals surface area contributed by atoms with Crippen molar-refractivity contribution in [2.24, 2.45) is 0 Å². The molecular formula is C23H20F2N6O4S. The van der Waals surface area contributed by atoms with Crippen molar-refractivity contribution in [1.29, 1.82) is 0 Å². The number of halogens is 2. The highest BCUT2D eigenvalue weighted by atomic mass is 32.2. The number of pyridine rings is 1. The fraction of sp³-hybridized carbons (Fsp3) is 0.304. The van der Waals surface area contributed by atoms with Gasteiger partial charge in [0.2, 0.25) is 10.0 Å². The van der Waals surface area contributed by atoms with Gasteiger partial charge >= 0.3 is 6.29 Å². The Morgan fingerprint density at radius 1 is 1.03 bits per heavy atom. The first-order valence-corrected chi connectivity index (χ1v) is 12.7. The molecule has 0 unspecified atom stereocenters. The first kappa shape index (κ1) is 22.7. The van der Waals surface area contributed by atoms with E-state index >= 15 is 0 Å². The Morgan fingerprint density at radius 2 is 1.81 bits per heavy atom. The Labute approximate surface area is 204 Å². The molecule has 2 aliphatic heterocycles. The highest BCUT2D eigenvalue weighted by molar-refractivity contribution is 7.89. The van der Waals surface area contributed by atoms with Crippen LogP contribution in [0.1, 0.15) is 24.6 Å². The lowest BCUT2D eigenvalue weighted by molar-refractivity contribution is -0.286. The van der Waals surface area contributed by atoms with Crippen LogP contribution in [-0.2, 0) is 10.0 Å². The molecule has 1 aromatic carbocycles. The summed E-state index contributed by atoms with van der Waals surface area (Å²) in [5, 5.41) is 0. The third-order valence-corrected chi connectivity index (χ3v) is 8.18. The predicted molar refractivity (Wildman–Crippen MR) is 123 cm³/mol. The second-order valence-electron chi connectivity index (χ2n) is 8.61. The molecule has 0 N–H and O–H groups in total. The summed E-state index contributed by atoms with van der Waals surface area (Å²) >= 11 is 0. The number of rotatable bonds is 4. The van der Waals surface area contributed by atoms with Crippen LogP contribution < -0.4 is 9.47 Å². The van der Waals surface area contributed by atoms with Crippen LogP contribution in [0.4, 0.5) is 8.78 Å². The number of fused-ring (bicyclic) bond motifs is 2. The molecule has 0 spiro atoms. The average Bonchev–Trinajstić information content (AvgIpc) is 3.39. The van der Waals surface area contributed by atoms with Gasteiger partial charge in [0.25, 0.3) is 0 Å². The van der Waals surface area contributed by atoms with Crippen molar-refractivity contribution in [3.05, 3.63) is 54.6 Å². The molecule has 1 fully saturated rings. The molecule has 2 aliphatic rings. The molecule has 6 rings (SSSR count). The summed E-state index contributed by atoms with van der Waals surface area (Å²) in [7, 11) is -3.93. The Morgan fingerprint density at radius 3 is 2.56 bits per heavy atom. The largest absolute Gasteiger partial charge is 0.586 e. The van der Waals surface area contributed by atoms with Gasteiger partial charge in [0.05, 0.1) is 4.90 Å². The summed E-state index contributed by atoms with van der Waals surface area (Å²) < 4.78 is 65.5. The van der Waals surface area contributed by atoms with Gasteiger partial charge in [-0.3, -0.25) is 0 Å². The molecule has 0 bridgehead atoms. The first-order valence-electron chi connectivity index (χ1n) is 11.2. The second-order valence-corrected chi connectivity index (χ2v) is 10.5. The number of benzene rings is 1. The molecule has 10 nitrogen and oxygen atoms in total. The quantitative estimate of drug-likeness (QED) is 0.407. The Bertz CT molecular complexity index is 1570. The highest BCUT2D eigenvalue weighted by Gasteiger charge is 2.44. The summed E-state index contributed by atoms with van der Waals surface area (Å²) in [4.78, 5) is 17.6. The minimum atomic E-state index is -3.93. The molecule has 3 aromatic heterocycles. The SMILES string of the molecule is Cc1ccc2nc(-c3ccncn3)n(C3CCN(S(=O)(=O)c4ccc5c(c4)OC(F)(F)O5)CC3)c2n1.